The van der Waals surface area contributed by atoms with Crippen LogP contribution in [0.4, 0.5) is 40.2 Å². The molecule has 4 rings (SSSR count). The summed E-state index contributed by atoms with van der Waals surface area (Å²) in [5, 5.41) is 12.5. The number of aryl methyl sites for hydroxylation is 2. The highest BCUT2D eigenvalue weighted by Gasteiger charge is 2.30. The lowest BCUT2D eigenvalue weighted by Crippen LogP contribution is -2.27. The van der Waals surface area contributed by atoms with Gasteiger partial charge < -0.3 is 10.1 Å². The standard InChI is InChI=1S/C27H28F3N7O3/c1-6-15-10-16(11-17-14-31-23(34-22(15)17)35-25(39)40-26(2,3)4)20-13-21(36-37(20)5)33-24(38)32-19-9-7-8-18(12-19)27(28,29)30/h7-14H,6H2,1-5H3,(H,31,34,35,39)(H2,32,33,36,38). The summed E-state index contributed by atoms with van der Waals surface area (Å²) in [6.45, 7) is 7.24. The molecule has 0 spiro atoms. The Morgan fingerprint density at radius 1 is 1.02 bits per heavy atom. The summed E-state index contributed by atoms with van der Waals surface area (Å²) < 4.78 is 45.7. The molecule has 0 aliphatic rings. The number of hydrogen-bond acceptors (Lipinski definition) is 6. The minimum atomic E-state index is -4.53. The second-order valence-corrected chi connectivity index (χ2v) is 9.94. The van der Waals surface area contributed by atoms with Crippen molar-refractivity contribution >= 4 is 40.5 Å². The number of urea groups is 1. The third-order valence-electron chi connectivity index (χ3n) is 5.62. The normalized spacial score (nSPS) is 11.8. The van der Waals surface area contributed by atoms with Crippen LogP contribution in [0, 0.1) is 0 Å². The molecule has 3 amide bonds. The molecule has 0 saturated heterocycles. The second kappa shape index (κ2) is 10.8. The van der Waals surface area contributed by atoms with Crippen molar-refractivity contribution in [2.75, 3.05) is 16.0 Å². The van der Waals surface area contributed by atoms with Crippen LogP contribution in [-0.4, -0.2) is 37.5 Å². The van der Waals surface area contributed by atoms with Gasteiger partial charge in [0.2, 0.25) is 5.95 Å². The van der Waals surface area contributed by atoms with Gasteiger partial charge in [-0.3, -0.25) is 15.3 Å². The lowest BCUT2D eigenvalue weighted by atomic mass is 10.0. The number of anilines is 3. The number of nitrogens with one attached hydrogen (secondary N) is 3. The smallest absolute Gasteiger partial charge is 0.416 e. The number of alkyl halides is 3. The zero-order valence-electron chi connectivity index (χ0n) is 22.5. The van der Waals surface area contributed by atoms with Gasteiger partial charge in [0.25, 0.3) is 0 Å². The fourth-order valence-electron chi connectivity index (χ4n) is 3.94. The molecule has 10 nitrogen and oxygen atoms in total. The molecule has 3 N–H and O–H groups in total. The SMILES string of the molecule is CCc1cc(-c2cc(NC(=O)Nc3cccc(C(F)(F)F)c3)nn2C)cc2cnc(NC(=O)OC(C)(C)C)nc12. The van der Waals surface area contributed by atoms with Crippen molar-refractivity contribution in [3.8, 4) is 11.3 Å². The van der Waals surface area contributed by atoms with Crippen molar-refractivity contribution in [3.63, 3.8) is 0 Å². The topological polar surface area (TPSA) is 123 Å². The van der Waals surface area contributed by atoms with E-state index in [9.17, 15) is 22.8 Å². The summed E-state index contributed by atoms with van der Waals surface area (Å²) in [6, 6.07) is 9.03. The van der Waals surface area contributed by atoms with Gasteiger partial charge in [-0.1, -0.05) is 13.0 Å². The van der Waals surface area contributed by atoms with E-state index in [1.807, 2.05) is 19.1 Å². The largest absolute Gasteiger partial charge is 0.444 e. The van der Waals surface area contributed by atoms with Crippen LogP contribution in [-0.2, 0) is 24.4 Å². The Morgan fingerprint density at radius 2 is 1.77 bits per heavy atom. The maximum Gasteiger partial charge on any atom is 0.416 e. The lowest BCUT2D eigenvalue weighted by molar-refractivity contribution is -0.137. The number of nitrogens with zero attached hydrogens (tertiary/aromatic N) is 4. The van der Waals surface area contributed by atoms with Crippen LogP contribution in [0.1, 0.15) is 38.8 Å². The highest BCUT2D eigenvalue weighted by molar-refractivity contribution is 5.99. The molecule has 2 heterocycles. The molecular formula is C27H28F3N7O3. The third kappa shape index (κ3) is 6.84. The van der Waals surface area contributed by atoms with Crippen molar-refractivity contribution in [2.45, 2.75) is 45.9 Å². The molecule has 0 unspecified atom stereocenters. The quantitative estimate of drug-likeness (QED) is 0.255. The van der Waals surface area contributed by atoms with Crippen molar-refractivity contribution in [2.24, 2.45) is 7.05 Å². The first-order valence-electron chi connectivity index (χ1n) is 12.3. The Kier molecular flexibility index (Phi) is 7.67. The van der Waals surface area contributed by atoms with Gasteiger partial charge in [0.15, 0.2) is 5.82 Å². The molecule has 13 heteroatoms. The highest BCUT2D eigenvalue weighted by Crippen LogP contribution is 2.31. The Bertz CT molecular complexity index is 1580. The number of ether oxygens (including phenoxy) is 1. The average Bonchev–Trinajstić information content (AvgIpc) is 3.21. The minimum absolute atomic E-state index is 0.00822. The number of carbonyl (C=O) groups excluding carboxylic acids is 2. The van der Waals surface area contributed by atoms with Crippen LogP contribution >= 0.6 is 0 Å². The molecule has 2 aromatic heterocycles. The Balaban J connectivity index is 1.54. The van der Waals surface area contributed by atoms with Gasteiger partial charge in [0, 0.05) is 35.9 Å². The maximum absolute atomic E-state index is 13.0. The first-order valence-corrected chi connectivity index (χ1v) is 12.3. The van der Waals surface area contributed by atoms with Gasteiger partial charge in [-0.15, -0.1) is 0 Å². The van der Waals surface area contributed by atoms with Crippen LogP contribution in [0.3, 0.4) is 0 Å². The lowest BCUT2D eigenvalue weighted by Gasteiger charge is -2.19. The molecule has 0 saturated carbocycles. The number of halogens is 3. The van der Waals surface area contributed by atoms with E-state index in [2.05, 4.69) is 31.0 Å². The molecular weight excluding hydrogens is 527 g/mol. The predicted molar refractivity (Wildman–Crippen MR) is 145 cm³/mol. The van der Waals surface area contributed by atoms with E-state index in [1.54, 1.807) is 44.8 Å². The van der Waals surface area contributed by atoms with Gasteiger partial charge >= 0.3 is 18.3 Å². The highest BCUT2D eigenvalue weighted by atomic mass is 19.4. The molecule has 4 aromatic rings. The fraction of sp³-hybridized carbons (Fsp3) is 0.296. The summed E-state index contributed by atoms with van der Waals surface area (Å²) in [6.07, 6.45) is -2.96. The zero-order valence-corrected chi connectivity index (χ0v) is 22.5. The molecule has 40 heavy (non-hydrogen) atoms. The van der Waals surface area contributed by atoms with Crippen molar-refractivity contribution in [1.82, 2.24) is 19.7 Å². The van der Waals surface area contributed by atoms with E-state index in [1.165, 1.54) is 12.1 Å². The Morgan fingerprint density at radius 3 is 2.45 bits per heavy atom. The van der Waals surface area contributed by atoms with Crippen LogP contribution in [0.2, 0.25) is 0 Å². The summed E-state index contributed by atoms with van der Waals surface area (Å²) in [5.74, 6) is 0.316. The van der Waals surface area contributed by atoms with E-state index >= 15 is 0 Å². The van der Waals surface area contributed by atoms with Crippen LogP contribution in [0.5, 0.6) is 0 Å². The van der Waals surface area contributed by atoms with E-state index < -0.39 is 29.5 Å². The number of hydrogen-bond donors (Lipinski definition) is 3. The van der Waals surface area contributed by atoms with Crippen LogP contribution in [0.15, 0.2) is 48.7 Å². The number of aromatic nitrogens is 4. The molecule has 0 fully saturated rings. The fourth-order valence-corrected chi connectivity index (χ4v) is 3.94. The third-order valence-corrected chi connectivity index (χ3v) is 5.62. The summed E-state index contributed by atoms with van der Waals surface area (Å²) in [5.41, 5.74) is 1.45. The molecule has 0 atom stereocenters. The number of rotatable bonds is 5. The van der Waals surface area contributed by atoms with E-state index in [0.29, 0.717) is 17.6 Å². The zero-order chi connectivity index (χ0) is 29.2. The molecule has 0 aliphatic carbocycles. The van der Waals surface area contributed by atoms with E-state index in [0.717, 1.165) is 28.6 Å². The van der Waals surface area contributed by atoms with Gasteiger partial charge in [-0.2, -0.15) is 18.3 Å². The number of carbonyl (C=O) groups is 2. The first kappa shape index (κ1) is 28.3. The van der Waals surface area contributed by atoms with Gasteiger partial charge in [-0.25, -0.2) is 19.6 Å². The monoisotopic (exact) mass is 555 g/mol. The Hall–Kier alpha value is -4.68. The van der Waals surface area contributed by atoms with Crippen LogP contribution in [0.25, 0.3) is 22.2 Å². The van der Waals surface area contributed by atoms with Gasteiger partial charge in [0.1, 0.15) is 5.60 Å². The van der Waals surface area contributed by atoms with E-state index in [4.69, 9.17) is 4.74 Å². The molecule has 0 aliphatic heterocycles. The molecule has 0 bridgehead atoms. The van der Waals surface area contributed by atoms with Crippen molar-refractivity contribution < 1.29 is 27.5 Å². The van der Waals surface area contributed by atoms with E-state index in [-0.39, 0.29) is 17.5 Å². The minimum Gasteiger partial charge on any atom is -0.444 e. The first-order chi connectivity index (χ1) is 18.7. The summed E-state index contributed by atoms with van der Waals surface area (Å²) in [4.78, 5) is 33.3. The molecule has 0 radical (unpaired) electrons. The van der Waals surface area contributed by atoms with Crippen molar-refractivity contribution in [3.05, 3.63) is 59.8 Å². The molecule has 2 aromatic carbocycles. The Labute approximate surface area is 228 Å². The molecule has 210 valence electrons. The second-order valence-electron chi connectivity index (χ2n) is 9.94. The number of amides is 3. The predicted octanol–water partition coefficient (Wildman–Crippen LogP) is 6.60. The van der Waals surface area contributed by atoms with Crippen LogP contribution < -0.4 is 16.0 Å². The van der Waals surface area contributed by atoms with Gasteiger partial charge in [-0.05, 0) is 63.1 Å². The summed E-state index contributed by atoms with van der Waals surface area (Å²) in [7, 11) is 1.70. The van der Waals surface area contributed by atoms with Crippen molar-refractivity contribution in [1.29, 1.82) is 0 Å². The number of fused-ring (bicyclic) bond motifs is 1. The summed E-state index contributed by atoms with van der Waals surface area (Å²) >= 11 is 0. The average molecular weight is 556 g/mol. The number of benzene rings is 2. The van der Waals surface area contributed by atoms with Gasteiger partial charge in [0.05, 0.1) is 16.8 Å². The maximum atomic E-state index is 13.0.